The van der Waals surface area contributed by atoms with Gasteiger partial charge in [0.2, 0.25) is 0 Å². The molecule has 1 aromatic carbocycles. The molecular weight excluding hydrogens is 272 g/mol. The van der Waals surface area contributed by atoms with Crippen LogP contribution in [0, 0.1) is 5.41 Å². The van der Waals surface area contributed by atoms with E-state index in [1.54, 1.807) is 12.1 Å². The van der Waals surface area contributed by atoms with Crippen LogP contribution in [0.5, 0.6) is 5.75 Å². The highest BCUT2D eigenvalue weighted by atomic mass is 19.3. The molecule has 1 rings (SSSR count). The van der Waals surface area contributed by atoms with Crippen molar-refractivity contribution in [2.45, 2.75) is 59.6 Å². The molecule has 0 radical (unpaired) electrons. The van der Waals surface area contributed by atoms with Gasteiger partial charge in [-0.1, -0.05) is 45.9 Å². The number of hydrogen-bond acceptors (Lipinski definition) is 2. The van der Waals surface area contributed by atoms with Crippen molar-refractivity contribution >= 4 is 0 Å². The summed E-state index contributed by atoms with van der Waals surface area (Å²) in [5.74, 6) is 0.273. The third kappa shape index (κ3) is 6.89. The minimum Gasteiger partial charge on any atom is -0.434 e. The topological polar surface area (TPSA) is 21.3 Å². The summed E-state index contributed by atoms with van der Waals surface area (Å²) >= 11 is 0. The fourth-order valence-electron chi connectivity index (χ4n) is 2.24. The van der Waals surface area contributed by atoms with Gasteiger partial charge in [0.05, 0.1) is 0 Å². The zero-order chi connectivity index (χ0) is 15.9. The maximum Gasteiger partial charge on any atom is 0.387 e. The number of nitrogens with one attached hydrogen (secondary N) is 1. The van der Waals surface area contributed by atoms with Crippen molar-refractivity contribution in [3.63, 3.8) is 0 Å². The molecule has 0 aliphatic carbocycles. The fraction of sp³-hybridized carbons (Fsp3) is 0.647. The highest BCUT2D eigenvalue weighted by Crippen LogP contribution is 2.32. The van der Waals surface area contributed by atoms with Gasteiger partial charge in [0.25, 0.3) is 0 Å². The van der Waals surface area contributed by atoms with Gasteiger partial charge in [0, 0.05) is 11.6 Å². The van der Waals surface area contributed by atoms with Crippen LogP contribution >= 0.6 is 0 Å². The third-order valence-electron chi connectivity index (χ3n) is 3.33. The summed E-state index contributed by atoms with van der Waals surface area (Å²) < 4.78 is 29.8. The van der Waals surface area contributed by atoms with E-state index in [9.17, 15) is 8.78 Å². The molecule has 0 amide bonds. The lowest BCUT2D eigenvalue weighted by Crippen LogP contribution is -2.24. The standard InChI is InChI=1S/C17H27F2NO/c1-5-12-20-14(10-11-17(2,3)4)13-8-6-7-9-15(13)21-16(18)19/h6-9,14,16,20H,5,10-12H2,1-4H3. The lowest BCUT2D eigenvalue weighted by atomic mass is 9.87. The van der Waals surface area contributed by atoms with E-state index in [-0.39, 0.29) is 17.2 Å². The van der Waals surface area contributed by atoms with E-state index < -0.39 is 6.61 Å². The van der Waals surface area contributed by atoms with E-state index in [0.717, 1.165) is 31.4 Å². The van der Waals surface area contributed by atoms with E-state index in [1.165, 1.54) is 0 Å². The number of benzene rings is 1. The molecule has 0 heterocycles. The Labute approximate surface area is 126 Å². The number of alkyl halides is 2. The van der Waals surface area contributed by atoms with Crippen LogP contribution in [0.1, 0.15) is 58.6 Å². The number of halogens is 2. The van der Waals surface area contributed by atoms with E-state index in [1.807, 2.05) is 12.1 Å². The van der Waals surface area contributed by atoms with Crippen molar-refractivity contribution in [1.82, 2.24) is 5.32 Å². The second kappa shape index (κ2) is 8.32. The smallest absolute Gasteiger partial charge is 0.387 e. The Morgan fingerprint density at radius 3 is 2.43 bits per heavy atom. The molecule has 4 heteroatoms. The maximum absolute atomic E-state index is 12.5. The van der Waals surface area contributed by atoms with Crippen LogP contribution in [0.15, 0.2) is 24.3 Å². The molecule has 0 saturated carbocycles. The molecule has 0 aromatic heterocycles. The third-order valence-corrected chi connectivity index (χ3v) is 3.33. The quantitative estimate of drug-likeness (QED) is 0.716. The molecule has 1 atom stereocenters. The number of ether oxygens (including phenoxy) is 1. The molecule has 0 aliphatic heterocycles. The number of hydrogen-bond donors (Lipinski definition) is 1. The van der Waals surface area contributed by atoms with Crippen LogP contribution in [0.25, 0.3) is 0 Å². The predicted octanol–water partition coefficient (Wildman–Crippen LogP) is 5.16. The number of rotatable bonds is 8. The van der Waals surface area contributed by atoms with Crippen LogP contribution in [0.3, 0.4) is 0 Å². The summed E-state index contributed by atoms with van der Waals surface area (Å²) in [7, 11) is 0. The zero-order valence-corrected chi connectivity index (χ0v) is 13.5. The van der Waals surface area contributed by atoms with Gasteiger partial charge in [-0.05, 0) is 37.3 Å². The fourth-order valence-corrected chi connectivity index (χ4v) is 2.24. The van der Waals surface area contributed by atoms with Crippen molar-refractivity contribution in [1.29, 1.82) is 0 Å². The molecular formula is C17H27F2NO. The monoisotopic (exact) mass is 299 g/mol. The van der Waals surface area contributed by atoms with Crippen LogP contribution in [-0.4, -0.2) is 13.2 Å². The van der Waals surface area contributed by atoms with Crippen LogP contribution in [0.2, 0.25) is 0 Å². The second-order valence-corrected chi connectivity index (χ2v) is 6.52. The highest BCUT2D eigenvalue weighted by Gasteiger charge is 2.20. The molecule has 1 unspecified atom stereocenters. The first-order valence-electron chi connectivity index (χ1n) is 7.60. The summed E-state index contributed by atoms with van der Waals surface area (Å²) in [6.45, 7) is 6.72. The molecule has 1 N–H and O–H groups in total. The van der Waals surface area contributed by atoms with Gasteiger partial charge in [-0.15, -0.1) is 0 Å². The minimum atomic E-state index is -2.79. The average Bonchev–Trinajstić information content (AvgIpc) is 2.38. The average molecular weight is 299 g/mol. The molecule has 0 spiro atoms. The molecule has 0 aliphatic rings. The lowest BCUT2D eigenvalue weighted by molar-refractivity contribution is -0.0507. The molecule has 120 valence electrons. The summed E-state index contributed by atoms with van der Waals surface area (Å²) in [4.78, 5) is 0. The van der Waals surface area contributed by atoms with Crippen molar-refractivity contribution < 1.29 is 13.5 Å². The summed E-state index contributed by atoms with van der Waals surface area (Å²) in [5, 5.41) is 3.45. The highest BCUT2D eigenvalue weighted by molar-refractivity contribution is 5.36. The largest absolute Gasteiger partial charge is 0.434 e. The molecule has 0 saturated heterocycles. The zero-order valence-electron chi connectivity index (χ0n) is 13.5. The van der Waals surface area contributed by atoms with Crippen molar-refractivity contribution in [2.24, 2.45) is 5.41 Å². The Morgan fingerprint density at radius 1 is 1.19 bits per heavy atom. The van der Waals surface area contributed by atoms with Gasteiger partial charge in [-0.3, -0.25) is 0 Å². The van der Waals surface area contributed by atoms with Crippen molar-refractivity contribution in [3.05, 3.63) is 29.8 Å². The second-order valence-electron chi connectivity index (χ2n) is 6.52. The van der Waals surface area contributed by atoms with Gasteiger partial charge in [0.1, 0.15) is 5.75 Å². The molecule has 1 aromatic rings. The summed E-state index contributed by atoms with van der Waals surface area (Å²) in [5.41, 5.74) is 1.03. The predicted molar refractivity (Wildman–Crippen MR) is 82.8 cm³/mol. The minimum absolute atomic E-state index is 0.0409. The maximum atomic E-state index is 12.5. The first-order valence-corrected chi connectivity index (χ1v) is 7.60. The van der Waals surface area contributed by atoms with Crippen molar-refractivity contribution in [2.75, 3.05) is 6.54 Å². The molecule has 0 fully saturated rings. The first-order chi connectivity index (χ1) is 9.83. The van der Waals surface area contributed by atoms with Crippen LogP contribution in [-0.2, 0) is 0 Å². The van der Waals surface area contributed by atoms with E-state index >= 15 is 0 Å². The Kier molecular flexibility index (Phi) is 7.09. The lowest BCUT2D eigenvalue weighted by Gasteiger charge is -2.25. The van der Waals surface area contributed by atoms with E-state index in [4.69, 9.17) is 0 Å². The summed E-state index contributed by atoms with van der Waals surface area (Å²) in [6.07, 6.45) is 2.91. The van der Waals surface area contributed by atoms with Gasteiger partial charge < -0.3 is 10.1 Å². The van der Waals surface area contributed by atoms with E-state index in [0.29, 0.717) is 0 Å². The normalized spacial score (nSPS) is 13.5. The van der Waals surface area contributed by atoms with Gasteiger partial charge >= 0.3 is 6.61 Å². The number of para-hydroxylation sites is 1. The first kappa shape index (κ1) is 17.9. The SMILES string of the molecule is CCCNC(CCC(C)(C)C)c1ccccc1OC(F)F. The Morgan fingerprint density at radius 2 is 1.86 bits per heavy atom. The van der Waals surface area contributed by atoms with E-state index in [2.05, 4.69) is 37.7 Å². The Bertz CT molecular complexity index is 415. The van der Waals surface area contributed by atoms with Gasteiger partial charge in [-0.25, -0.2) is 0 Å². The molecule has 0 bridgehead atoms. The van der Waals surface area contributed by atoms with Gasteiger partial charge in [-0.2, -0.15) is 8.78 Å². The Balaban J connectivity index is 2.90. The van der Waals surface area contributed by atoms with Crippen molar-refractivity contribution in [3.8, 4) is 5.75 Å². The van der Waals surface area contributed by atoms with Gasteiger partial charge in [0.15, 0.2) is 0 Å². The van der Waals surface area contributed by atoms with Crippen LogP contribution < -0.4 is 10.1 Å². The molecule has 2 nitrogen and oxygen atoms in total. The van der Waals surface area contributed by atoms with Crippen LogP contribution in [0.4, 0.5) is 8.78 Å². The molecule has 21 heavy (non-hydrogen) atoms. The Hall–Kier alpha value is -1.16. The summed E-state index contributed by atoms with van der Waals surface area (Å²) in [6, 6.07) is 7.11.